The number of carbonyl (C=O) groups is 1. The molecule has 3 atom stereocenters. The third kappa shape index (κ3) is 1.10. The second-order valence-corrected chi connectivity index (χ2v) is 4.33. The smallest absolute Gasteiger partial charge is 0.139 e. The molecule has 12 heavy (non-hydrogen) atoms. The van der Waals surface area contributed by atoms with E-state index < -0.39 is 0 Å². The summed E-state index contributed by atoms with van der Waals surface area (Å²) in [5, 5.41) is 0. The zero-order valence-corrected chi connectivity index (χ0v) is 7.88. The molecule has 3 unspecified atom stereocenters. The van der Waals surface area contributed by atoms with E-state index in [0.29, 0.717) is 17.6 Å². The molecule has 0 amide bonds. The summed E-state index contributed by atoms with van der Waals surface area (Å²) in [7, 11) is 0. The number of Topliss-reactive ketones (excluding diaryl/α,β-unsaturated/α-hetero) is 1. The lowest BCUT2D eigenvalue weighted by Gasteiger charge is -2.42. The van der Waals surface area contributed by atoms with Crippen molar-refractivity contribution >= 4 is 5.78 Å². The summed E-state index contributed by atoms with van der Waals surface area (Å²) in [6, 6.07) is 0. The van der Waals surface area contributed by atoms with Gasteiger partial charge >= 0.3 is 0 Å². The van der Waals surface area contributed by atoms with Gasteiger partial charge in [0, 0.05) is 11.8 Å². The van der Waals surface area contributed by atoms with E-state index in [1.54, 1.807) is 0 Å². The lowest BCUT2D eigenvalue weighted by Crippen LogP contribution is -2.46. The Kier molecular flexibility index (Phi) is 2.20. The minimum absolute atomic E-state index is 0.452. The predicted octanol–water partition coefficient (Wildman–Crippen LogP) is 2.79. The molecular weight excluding hydrogens is 148 g/mol. The molecule has 0 aromatic carbocycles. The monoisotopic (exact) mass is 166 g/mol. The van der Waals surface area contributed by atoms with Crippen LogP contribution in [0.4, 0.5) is 0 Å². The van der Waals surface area contributed by atoms with Crippen LogP contribution < -0.4 is 0 Å². The van der Waals surface area contributed by atoms with Gasteiger partial charge in [0.25, 0.3) is 0 Å². The van der Waals surface area contributed by atoms with Crippen molar-refractivity contribution in [3.05, 3.63) is 0 Å². The Labute approximate surface area is 74.5 Å². The summed E-state index contributed by atoms with van der Waals surface area (Å²) in [4.78, 5) is 11.6. The topological polar surface area (TPSA) is 17.1 Å². The molecule has 0 bridgehead atoms. The van der Waals surface area contributed by atoms with E-state index in [9.17, 15) is 4.79 Å². The van der Waals surface area contributed by atoms with E-state index in [1.165, 1.54) is 32.1 Å². The third-order valence-electron chi connectivity index (χ3n) is 3.76. The highest BCUT2D eigenvalue weighted by molar-refractivity contribution is 5.90. The average Bonchev–Trinajstić information content (AvgIpc) is 2.28. The van der Waals surface area contributed by atoms with Gasteiger partial charge in [-0.25, -0.2) is 0 Å². The third-order valence-corrected chi connectivity index (χ3v) is 3.76. The normalized spacial score (nSPS) is 41.4. The van der Waals surface area contributed by atoms with Gasteiger partial charge in [0.2, 0.25) is 0 Å². The van der Waals surface area contributed by atoms with Crippen LogP contribution in [-0.4, -0.2) is 5.78 Å². The minimum atomic E-state index is 0.452. The molecule has 0 N–H and O–H groups in total. The molecule has 2 saturated carbocycles. The van der Waals surface area contributed by atoms with Crippen LogP contribution in [0, 0.1) is 17.8 Å². The summed E-state index contributed by atoms with van der Waals surface area (Å²) >= 11 is 0. The van der Waals surface area contributed by atoms with E-state index in [2.05, 4.69) is 6.92 Å². The molecule has 2 fully saturated rings. The van der Waals surface area contributed by atoms with E-state index in [4.69, 9.17) is 0 Å². The van der Waals surface area contributed by atoms with E-state index in [-0.39, 0.29) is 0 Å². The average molecular weight is 166 g/mol. The van der Waals surface area contributed by atoms with Gasteiger partial charge in [-0.1, -0.05) is 26.2 Å². The number of fused-ring (bicyclic) bond motifs is 1. The number of hydrogen-bond donors (Lipinski definition) is 0. The van der Waals surface area contributed by atoms with Crippen molar-refractivity contribution in [1.82, 2.24) is 0 Å². The Morgan fingerprint density at radius 1 is 1.25 bits per heavy atom. The van der Waals surface area contributed by atoms with Crippen molar-refractivity contribution in [2.24, 2.45) is 17.8 Å². The van der Waals surface area contributed by atoms with Gasteiger partial charge in [-0.15, -0.1) is 0 Å². The lowest BCUT2D eigenvalue weighted by molar-refractivity contribution is -0.143. The van der Waals surface area contributed by atoms with Crippen LogP contribution >= 0.6 is 0 Å². The molecule has 0 radical (unpaired) electrons. The van der Waals surface area contributed by atoms with E-state index in [0.717, 1.165) is 12.3 Å². The predicted molar refractivity (Wildman–Crippen MR) is 48.9 cm³/mol. The summed E-state index contributed by atoms with van der Waals surface area (Å²) in [6.07, 6.45) is 7.62. The standard InChI is InChI=1S/C11H18O/c1-2-8-9-6-4-3-5-7-10(9)11(8)12/h8-10H,2-7H2,1H3. The van der Waals surface area contributed by atoms with E-state index in [1.807, 2.05) is 0 Å². The van der Waals surface area contributed by atoms with Gasteiger partial charge in [0.1, 0.15) is 5.78 Å². The zero-order chi connectivity index (χ0) is 8.55. The summed E-state index contributed by atoms with van der Waals surface area (Å²) in [5.41, 5.74) is 0. The van der Waals surface area contributed by atoms with Gasteiger partial charge in [-0.2, -0.15) is 0 Å². The largest absolute Gasteiger partial charge is 0.299 e. The van der Waals surface area contributed by atoms with Gasteiger partial charge in [-0.3, -0.25) is 4.79 Å². The Morgan fingerprint density at radius 2 is 2.00 bits per heavy atom. The second kappa shape index (κ2) is 3.20. The van der Waals surface area contributed by atoms with Crippen molar-refractivity contribution in [3.63, 3.8) is 0 Å². The van der Waals surface area contributed by atoms with Crippen LogP contribution in [0.25, 0.3) is 0 Å². The molecule has 0 aliphatic heterocycles. The van der Waals surface area contributed by atoms with Gasteiger partial charge in [-0.05, 0) is 25.2 Å². The van der Waals surface area contributed by atoms with Gasteiger partial charge < -0.3 is 0 Å². The highest BCUT2D eigenvalue weighted by atomic mass is 16.1. The summed E-state index contributed by atoms with van der Waals surface area (Å²) in [5.74, 6) is 2.31. The number of ketones is 1. The molecule has 0 heterocycles. The minimum Gasteiger partial charge on any atom is -0.299 e. The van der Waals surface area contributed by atoms with Crippen molar-refractivity contribution in [2.45, 2.75) is 45.4 Å². The highest BCUT2D eigenvalue weighted by Gasteiger charge is 2.47. The lowest BCUT2D eigenvalue weighted by atomic mass is 9.60. The van der Waals surface area contributed by atoms with Gasteiger partial charge in [0.15, 0.2) is 0 Å². The fourth-order valence-electron chi connectivity index (χ4n) is 3.04. The first-order chi connectivity index (χ1) is 5.84. The molecule has 2 aliphatic carbocycles. The Morgan fingerprint density at radius 3 is 2.75 bits per heavy atom. The molecule has 0 aromatic heterocycles. The molecule has 1 heteroatoms. The quantitative estimate of drug-likeness (QED) is 0.585. The molecule has 0 saturated heterocycles. The maximum atomic E-state index is 11.6. The fraction of sp³-hybridized carbons (Fsp3) is 0.909. The van der Waals surface area contributed by atoms with Crippen LogP contribution in [0.5, 0.6) is 0 Å². The molecule has 1 nitrogen and oxygen atoms in total. The number of carbonyl (C=O) groups excluding carboxylic acids is 1. The maximum Gasteiger partial charge on any atom is 0.139 e. The maximum absolute atomic E-state index is 11.6. The molecule has 0 spiro atoms. The Bertz CT molecular complexity index is 185. The zero-order valence-electron chi connectivity index (χ0n) is 7.88. The number of rotatable bonds is 1. The fourth-order valence-corrected chi connectivity index (χ4v) is 3.04. The van der Waals surface area contributed by atoms with Crippen molar-refractivity contribution in [2.75, 3.05) is 0 Å². The first-order valence-corrected chi connectivity index (χ1v) is 5.38. The van der Waals surface area contributed by atoms with Crippen LogP contribution in [0.2, 0.25) is 0 Å². The van der Waals surface area contributed by atoms with Gasteiger partial charge in [0.05, 0.1) is 0 Å². The molecule has 2 aliphatic rings. The van der Waals surface area contributed by atoms with Crippen LogP contribution in [-0.2, 0) is 4.79 Å². The van der Waals surface area contributed by atoms with E-state index >= 15 is 0 Å². The van der Waals surface area contributed by atoms with Crippen molar-refractivity contribution in [3.8, 4) is 0 Å². The first-order valence-electron chi connectivity index (χ1n) is 5.38. The van der Waals surface area contributed by atoms with Crippen LogP contribution in [0.1, 0.15) is 45.4 Å². The Hall–Kier alpha value is -0.330. The molecule has 2 rings (SSSR count). The molecular formula is C11H18O. The Balaban J connectivity index is 2.03. The molecule has 68 valence electrons. The SMILES string of the molecule is CCC1C(=O)C2CCCCCC12. The number of hydrogen-bond acceptors (Lipinski definition) is 1. The second-order valence-electron chi connectivity index (χ2n) is 4.33. The first kappa shape index (κ1) is 8.28. The van der Waals surface area contributed by atoms with Crippen molar-refractivity contribution in [1.29, 1.82) is 0 Å². The highest BCUT2D eigenvalue weighted by Crippen LogP contribution is 2.46. The molecule has 0 aromatic rings. The van der Waals surface area contributed by atoms with Crippen molar-refractivity contribution < 1.29 is 4.79 Å². The van der Waals surface area contributed by atoms with Crippen LogP contribution in [0.3, 0.4) is 0 Å². The summed E-state index contributed by atoms with van der Waals surface area (Å²) in [6.45, 7) is 2.16. The summed E-state index contributed by atoms with van der Waals surface area (Å²) < 4.78 is 0. The van der Waals surface area contributed by atoms with Crippen LogP contribution in [0.15, 0.2) is 0 Å².